The number of rotatable bonds is 5. The van der Waals surface area contributed by atoms with Gasteiger partial charge in [-0.3, -0.25) is 9.59 Å². The molecule has 0 unspecified atom stereocenters. The summed E-state index contributed by atoms with van der Waals surface area (Å²) in [6, 6.07) is 17.8. The van der Waals surface area contributed by atoms with Crippen molar-refractivity contribution in [2.24, 2.45) is 0 Å². The van der Waals surface area contributed by atoms with Gasteiger partial charge in [0.2, 0.25) is 0 Å². The van der Waals surface area contributed by atoms with E-state index >= 15 is 0 Å². The predicted octanol–water partition coefficient (Wildman–Crippen LogP) is 3.57. The molecule has 2 N–H and O–H groups in total. The molecule has 28 heavy (non-hydrogen) atoms. The van der Waals surface area contributed by atoms with Gasteiger partial charge in [-0.25, -0.2) is 0 Å². The lowest BCUT2D eigenvalue weighted by Gasteiger charge is -2.26. The van der Waals surface area contributed by atoms with Crippen LogP contribution < -0.4 is 20.1 Å². The lowest BCUT2D eigenvalue weighted by atomic mass is 10.2. The smallest absolute Gasteiger partial charge is 0.265 e. The van der Waals surface area contributed by atoms with E-state index in [0.29, 0.717) is 40.8 Å². The van der Waals surface area contributed by atoms with Crippen LogP contribution in [0.1, 0.15) is 20.0 Å². The number of nitrogens with one attached hydrogen (secondary N) is 2. The number of fused-ring (bicyclic) bond motifs is 1. The van der Waals surface area contributed by atoms with Crippen molar-refractivity contribution in [3.63, 3.8) is 0 Å². The maximum absolute atomic E-state index is 12.4. The van der Waals surface area contributed by atoms with Gasteiger partial charge in [-0.2, -0.15) is 0 Å². The monoisotopic (exact) mass is 394 g/mol. The number of thiophene rings is 1. The van der Waals surface area contributed by atoms with Crippen LogP contribution in [0.2, 0.25) is 0 Å². The molecule has 0 radical (unpaired) electrons. The lowest BCUT2D eigenvalue weighted by molar-refractivity contribution is 0.0789. The Morgan fingerprint density at radius 1 is 0.964 bits per heavy atom. The van der Waals surface area contributed by atoms with Crippen molar-refractivity contribution in [2.75, 3.05) is 18.5 Å². The number of ether oxygens (including phenoxy) is 2. The highest BCUT2D eigenvalue weighted by molar-refractivity contribution is 7.12. The molecule has 2 amide bonds. The minimum atomic E-state index is -0.247. The molecule has 7 heteroatoms. The van der Waals surface area contributed by atoms with Crippen molar-refractivity contribution < 1.29 is 19.1 Å². The summed E-state index contributed by atoms with van der Waals surface area (Å²) < 4.78 is 11.5. The van der Waals surface area contributed by atoms with E-state index in [1.807, 2.05) is 35.7 Å². The lowest BCUT2D eigenvalue weighted by Crippen LogP contribution is -2.40. The fraction of sp³-hybridized carbons (Fsp3) is 0.143. The first kappa shape index (κ1) is 18.1. The molecule has 0 saturated heterocycles. The van der Waals surface area contributed by atoms with Gasteiger partial charge < -0.3 is 20.1 Å². The van der Waals surface area contributed by atoms with Gasteiger partial charge in [0.25, 0.3) is 11.8 Å². The Labute approximate surface area is 166 Å². The van der Waals surface area contributed by atoms with Crippen molar-refractivity contribution in [3.05, 3.63) is 76.5 Å². The van der Waals surface area contributed by atoms with E-state index in [1.165, 1.54) is 11.3 Å². The number of carbonyl (C=O) groups excluding carboxylic acids is 2. The fourth-order valence-corrected chi connectivity index (χ4v) is 3.40. The highest BCUT2D eigenvalue weighted by atomic mass is 32.1. The van der Waals surface area contributed by atoms with E-state index in [-0.39, 0.29) is 17.9 Å². The summed E-state index contributed by atoms with van der Waals surface area (Å²) in [6.07, 6.45) is -0.247. The first-order valence-electron chi connectivity index (χ1n) is 8.80. The zero-order chi connectivity index (χ0) is 19.3. The molecule has 0 spiro atoms. The molecule has 0 saturated carbocycles. The first-order valence-corrected chi connectivity index (χ1v) is 9.68. The molecule has 3 aromatic rings. The Morgan fingerprint density at radius 3 is 2.50 bits per heavy atom. The Balaban J connectivity index is 1.30. The van der Waals surface area contributed by atoms with Crippen molar-refractivity contribution in [2.45, 2.75) is 6.10 Å². The third kappa shape index (κ3) is 4.15. The van der Waals surface area contributed by atoms with Crippen molar-refractivity contribution >= 4 is 28.8 Å². The Morgan fingerprint density at radius 2 is 1.75 bits per heavy atom. The SMILES string of the molecule is O=C(NC[C@@H]1COc2ccccc2O1)c1ccc(NC(=O)c2cccs2)cc1. The second-order valence-electron chi connectivity index (χ2n) is 6.22. The standard InChI is InChI=1S/C21H18N2O4S/c24-20(22-12-16-13-26-17-4-1-2-5-18(17)27-16)14-7-9-15(10-8-14)23-21(25)19-6-3-11-28-19/h1-11,16H,12-13H2,(H,22,24)(H,23,25)/t16-/m1/s1. The van der Waals surface area contributed by atoms with E-state index in [9.17, 15) is 9.59 Å². The number of amides is 2. The van der Waals surface area contributed by atoms with Crippen LogP contribution in [0.25, 0.3) is 0 Å². The molecule has 4 rings (SSSR count). The van der Waals surface area contributed by atoms with Crippen LogP contribution in [-0.4, -0.2) is 31.1 Å². The van der Waals surface area contributed by atoms with Crippen molar-refractivity contribution in [1.82, 2.24) is 5.32 Å². The maximum atomic E-state index is 12.4. The summed E-state index contributed by atoms with van der Waals surface area (Å²) in [4.78, 5) is 25.1. The molecular weight excluding hydrogens is 376 g/mol. The van der Waals surface area contributed by atoms with Gasteiger partial charge in [0.05, 0.1) is 11.4 Å². The minimum Gasteiger partial charge on any atom is -0.486 e. The molecule has 1 aromatic heterocycles. The van der Waals surface area contributed by atoms with E-state index in [0.717, 1.165) is 0 Å². The molecule has 2 heterocycles. The molecule has 6 nitrogen and oxygen atoms in total. The number of hydrogen-bond donors (Lipinski definition) is 2. The number of para-hydroxylation sites is 2. The molecular formula is C21H18N2O4S. The van der Waals surface area contributed by atoms with Gasteiger partial charge in [-0.1, -0.05) is 18.2 Å². The molecule has 0 aliphatic carbocycles. The van der Waals surface area contributed by atoms with Crippen LogP contribution in [0, 0.1) is 0 Å². The van der Waals surface area contributed by atoms with Crippen LogP contribution in [0.3, 0.4) is 0 Å². The zero-order valence-corrected chi connectivity index (χ0v) is 15.7. The van der Waals surface area contributed by atoms with Crippen LogP contribution in [0.15, 0.2) is 66.0 Å². The second-order valence-corrected chi connectivity index (χ2v) is 7.16. The Bertz CT molecular complexity index is 970. The Kier molecular flexibility index (Phi) is 5.25. The van der Waals surface area contributed by atoms with Crippen molar-refractivity contribution in [1.29, 1.82) is 0 Å². The van der Waals surface area contributed by atoms with E-state index in [4.69, 9.17) is 9.47 Å². The minimum absolute atomic E-state index is 0.165. The summed E-state index contributed by atoms with van der Waals surface area (Å²) in [5.74, 6) is 1.02. The van der Waals surface area contributed by atoms with Crippen LogP contribution in [0.4, 0.5) is 5.69 Å². The highest BCUT2D eigenvalue weighted by Crippen LogP contribution is 2.30. The number of carbonyl (C=O) groups is 2. The molecule has 1 aliphatic heterocycles. The molecule has 1 atom stereocenters. The van der Waals surface area contributed by atoms with E-state index in [1.54, 1.807) is 30.3 Å². The Hall–Kier alpha value is -3.32. The zero-order valence-electron chi connectivity index (χ0n) is 14.9. The average Bonchev–Trinajstić information content (AvgIpc) is 3.27. The third-order valence-electron chi connectivity index (χ3n) is 4.21. The van der Waals surface area contributed by atoms with Gasteiger partial charge in [0.1, 0.15) is 12.7 Å². The van der Waals surface area contributed by atoms with Crippen LogP contribution in [0.5, 0.6) is 11.5 Å². The molecule has 142 valence electrons. The largest absolute Gasteiger partial charge is 0.486 e. The summed E-state index contributed by atoms with van der Waals surface area (Å²) in [5, 5.41) is 7.51. The number of anilines is 1. The maximum Gasteiger partial charge on any atom is 0.265 e. The van der Waals surface area contributed by atoms with Crippen molar-refractivity contribution in [3.8, 4) is 11.5 Å². The summed E-state index contributed by atoms with van der Waals surface area (Å²) in [6.45, 7) is 0.717. The van der Waals surface area contributed by atoms with E-state index in [2.05, 4.69) is 10.6 Å². The average molecular weight is 394 g/mol. The quantitative estimate of drug-likeness (QED) is 0.694. The third-order valence-corrected chi connectivity index (χ3v) is 5.08. The van der Waals surface area contributed by atoms with Crippen LogP contribution in [-0.2, 0) is 0 Å². The van der Waals surface area contributed by atoms with Gasteiger partial charge in [0, 0.05) is 11.3 Å². The molecule has 0 bridgehead atoms. The highest BCUT2D eigenvalue weighted by Gasteiger charge is 2.21. The van der Waals surface area contributed by atoms with Gasteiger partial charge in [0.15, 0.2) is 11.5 Å². The molecule has 0 fully saturated rings. The second kappa shape index (κ2) is 8.14. The topological polar surface area (TPSA) is 76.7 Å². The molecule has 2 aromatic carbocycles. The van der Waals surface area contributed by atoms with Gasteiger partial charge >= 0.3 is 0 Å². The van der Waals surface area contributed by atoms with Gasteiger partial charge in [-0.15, -0.1) is 11.3 Å². The van der Waals surface area contributed by atoms with Gasteiger partial charge in [-0.05, 0) is 47.8 Å². The predicted molar refractivity (Wildman–Crippen MR) is 107 cm³/mol. The van der Waals surface area contributed by atoms with Crippen LogP contribution >= 0.6 is 11.3 Å². The number of benzene rings is 2. The molecule has 1 aliphatic rings. The fourth-order valence-electron chi connectivity index (χ4n) is 2.78. The first-order chi connectivity index (χ1) is 13.7. The number of hydrogen-bond acceptors (Lipinski definition) is 5. The van der Waals surface area contributed by atoms with E-state index < -0.39 is 0 Å². The normalized spacial score (nSPS) is 14.9. The summed E-state index contributed by atoms with van der Waals surface area (Å²) in [7, 11) is 0. The summed E-state index contributed by atoms with van der Waals surface area (Å²) >= 11 is 1.38. The summed E-state index contributed by atoms with van der Waals surface area (Å²) in [5.41, 5.74) is 1.14.